The fourth-order valence-electron chi connectivity index (χ4n) is 1.91. The molecule has 0 aliphatic carbocycles. The molecule has 22 heavy (non-hydrogen) atoms. The second-order valence-electron chi connectivity index (χ2n) is 5.93. The Labute approximate surface area is 127 Å². The topological polar surface area (TPSA) is 101 Å². The number of amides is 1. The minimum atomic E-state index is -0.863. The highest BCUT2D eigenvalue weighted by Crippen LogP contribution is 2.32. The van der Waals surface area contributed by atoms with E-state index in [9.17, 15) is 9.59 Å². The summed E-state index contributed by atoms with van der Waals surface area (Å²) in [6, 6.07) is 4.73. The zero-order valence-corrected chi connectivity index (χ0v) is 12.6. The number of benzene rings is 1. The monoisotopic (exact) mass is 303 g/mol. The lowest BCUT2D eigenvalue weighted by Gasteiger charge is -2.25. The van der Waals surface area contributed by atoms with Crippen LogP contribution in [0.25, 0.3) is 5.53 Å². The Kier molecular flexibility index (Phi) is 4.28. The number of carbonyl (C=O) groups excluding carboxylic acids is 2. The summed E-state index contributed by atoms with van der Waals surface area (Å²) >= 11 is 0. The molecule has 2 rings (SSSR count). The molecule has 0 radical (unpaired) electrons. The fourth-order valence-corrected chi connectivity index (χ4v) is 1.91. The number of carbonyl (C=O) groups is 2. The van der Waals surface area contributed by atoms with Crippen LogP contribution < -0.4 is 14.8 Å². The molecule has 0 saturated heterocycles. The summed E-state index contributed by atoms with van der Waals surface area (Å²) in [4.78, 5) is 26.3. The molecule has 7 nitrogen and oxygen atoms in total. The van der Waals surface area contributed by atoms with Crippen molar-refractivity contribution in [2.45, 2.75) is 32.4 Å². The number of nitrogens with one attached hydrogen (secondary N) is 1. The van der Waals surface area contributed by atoms with Crippen LogP contribution in [0, 0.1) is 0 Å². The number of nitrogens with zero attached hydrogens (tertiary/aromatic N) is 2. The maximum Gasteiger partial charge on any atom is 0.327 e. The largest absolute Gasteiger partial charge is 0.485 e. The van der Waals surface area contributed by atoms with Gasteiger partial charge in [-0.2, -0.15) is 4.79 Å². The van der Waals surface area contributed by atoms with E-state index in [0.717, 1.165) is 6.21 Å². The van der Waals surface area contributed by atoms with Gasteiger partial charge in [0.2, 0.25) is 6.10 Å². The van der Waals surface area contributed by atoms with E-state index in [1.165, 1.54) is 0 Å². The minimum Gasteiger partial charge on any atom is -0.485 e. The number of hydrogen-bond acceptors (Lipinski definition) is 4. The predicted molar refractivity (Wildman–Crippen MR) is 78.3 cm³/mol. The van der Waals surface area contributed by atoms with E-state index in [1.807, 2.05) is 20.8 Å². The zero-order valence-electron chi connectivity index (χ0n) is 12.6. The Morgan fingerprint density at radius 2 is 2.09 bits per heavy atom. The fraction of sp³-hybridized carbons (Fsp3) is 0.400. The Morgan fingerprint density at radius 1 is 1.36 bits per heavy atom. The second kappa shape index (κ2) is 5.99. The lowest BCUT2D eigenvalue weighted by molar-refractivity contribution is -0.124. The Bertz CT molecular complexity index is 657. The van der Waals surface area contributed by atoms with Crippen molar-refractivity contribution in [1.82, 2.24) is 5.32 Å². The molecule has 1 aliphatic heterocycles. The van der Waals surface area contributed by atoms with Crippen LogP contribution in [0.4, 0.5) is 0 Å². The quantitative estimate of drug-likeness (QED) is 0.515. The first kappa shape index (κ1) is 15.7. The molecule has 1 aromatic carbocycles. The first-order chi connectivity index (χ1) is 10.3. The molecular formula is C15H17N3O4. The number of hydrogen-bond donors (Lipinski definition) is 1. The summed E-state index contributed by atoms with van der Waals surface area (Å²) in [5.41, 5.74) is 8.46. The van der Waals surface area contributed by atoms with Crippen molar-refractivity contribution in [1.29, 1.82) is 0 Å². The smallest absolute Gasteiger partial charge is 0.327 e. The van der Waals surface area contributed by atoms with Crippen LogP contribution in [-0.2, 0) is 4.79 Å². The normalized spacial score (nSPS) is 16.4. The van der Waals surface area contributed by atoms with Gasteiger partial charge >= 0.3 is 6.21 Å². The standard InChI is InChI=1S/C15H17N3O4/c1-15(2,3)18-14(20)9-4-5-11-12(6-9)21-8-13(22-11)10(19)7-17-16/h4-7,13H,8H2,1-3H3,(H,18,20). The van der Waals surface area contributed by atoms with Crippen LogP contribution in [0.3, 0.4) is 0 Å². The van der Waals surface area contributed by atoms with E-state index in [2.05, 4.69) is 10.1 Å². The molecule has 1 unspecified atom stereocenters. The van der Waals surface area contributed by atoms with Crippen LogP contribution in [0.15, 0.2) is 18.2 Å². The van der Waals surface area contributed by atoms with Gasteiger partial charge < -0.3 is 20.3 Å². The first-order valence-electron chi connectivity index (χ1n) is 6.77. The van der Waals surface area contributed by atoms with Crippen molar-refractivity contribution in [2.75, 3.05) is 6.61 Å². The van der Waals surface area contributed by atoms with Crippen molar-refractivity contribution >= 4 is 17.9 Å². The summed E-state index contributed by atoms with van der Waals surface area (Å²) in [5, 5.41) is 2.85. The molecule has 7 heteroatoms. The van der Waals surface area contributed by atoms with Crippen molar-refractivity contribution in [3.05, 3.63) is 29.3 Å². The number of ketones is 1. The van der Waals surface area contributed by atoms with E-state index >= 15 is 0 Å². The number of Topliss-reactive ketones (excluding diaryl/α,β-unsaturated/α-hetero) is 1. The van der Waals surface area contributed by atoms with E-state index in [-0.39, 0.29) is 18.1 Å². The van der Waals surface area contributed by atoms with E-state index in [1.54, 1.807) is 18.2 Å². The SMILES string of the molecule is CC(C)(C)NC(=O)c1ccc2c(c1)OCC(C(=O)C=[N+]=[N-])O2. The molecule has 0 fully saturated rings. The molecule has 1 aromatic rings. The van der Waals surface area contributed by atoms with Gasteiger partial charge in [-0.15, -0.1) is 0 Å². The highest BCUT2D eigenvalue weighted by atomic mass is 16.6. The van der Waals surface area contributed by atoms with Gasteiger partial charge in [-0.3, -0.25) is 9.59 Å². The maximum atomic E-state index is 12.1. The molecule has 0 saturated carbocycles. The van der Waals surface area contributed by atoms with Crippen LogP contribution in [0.2, 0.25) is 0 Å². The molecule has 0 aromatic heterocycles. The van der Waals surface area contributed by atoms with Crippen molar-refractivity contribution in [3.63, 3.8) is 0 Å². The highest BCUT2D eigenvalue weighted by molar-refractivity contribution is 6.27. The van der Waals surface area contributed by atoms with Crippen LogP contribution in [0.5, 0.6) is 11.5 Å². The molecule has 1 amide bonds. The maximum absolute atomic E-state index is 12.1. The van der Waals surface area contributed by atoms with Crippen LogP contribution in [-0.4, -0.2) is 40.9 Å². The van der Waals surface area contributed by atoms with Gasteiger partial charge in [0.1, 0.15) is 6.61 Å². The molecule has 1 N–H and O–H groups in total. The third kappa shape index (κ3) is 3.71. The predicted octanol–water partition coefficient (Wildman–Crippen LogP) is 1.22. The first-order valence-corrected chi connectivity index (χ1v) is 6.77. The van der Waals surface area contributed by atoms with Crippen molar-refractivity contribution in [3.8, 4) is 11.5 Å². The summed E-state index contributed by atoms with van der Waals surface area (Å²) in [5.74, 6) is 0.0435. The van der Waals surface area contributed by atoms with Crippen molar-refractivity contribution < 1.29 is 23.9 Å². The molecule has 0 bridgehead atoms. The average Bonchev–Trinajstić information content (AvgIpc) is 2.44. The summed E-state index contributed by atoms with van der Waals surface area (Å²) in [6.07, 6.45) is -0.0953. The highest BCUT2D eigenvalue weighted by Gasteiger charge is 2.29. The lowest BCUT2D eigenvalue weighted by atomic mass is 10.1. The number of ether oxygens (including phenoxy) is 2. The third-order valence-corrected chi connectivity index (χ3v) is 2.86. The number of rotatable bonds is 3. The Balaban J connectivity index is 2.16. The van der Waals surface area contributed by atoms with Gasteiger partial charge in [-0.1, -0.05) is 0 Å². The average molecular weight is 303 g/mol. The van der Waals surface area contributed by atoms with Gasteiger partial charge in [-0.25, -0.2) is 0 Å². The summed E-state index contributed by atoms with van der Waals surface area (Å²) < 4.78 is 10.9. The van der Waals surface area contributed by atoms with Gasteiger partial charge in [-0.05, 0) is 39.0 Å². The third-order valence-electron chi connectivity index (χ3n) is 2.86. The van der Waals surface area contributed by atoms with Gasteiger partial charge in [0.05, 0.1) is 0 Å². The minimum absolute atomic E-state index is 0.0117. The van der Waals surface area contributed by atoms with E-state index in [0.29, 0.717) is 17.1 Å². The van der Waals surface area contributed by atoms with Crippen molar-refractivity contribution in [2.24, 2.45) is 0 Å². The van der Waals surface area contributed by atoms with Gasteiger partial charge in [0.25, 0.3) is 11.7 Å². The Morgan fingerprint density at radius 3 is 2.73 bits per heavy atom. The summed E-state index contributed by atoms with van der Waals surface area (Å²) in [7, 11) is 0. The molecule has 1 atom stereocenters. The Hall–Kier alpha value is -2.66. The molecule has 1 aliphatic rings. The van der Waals surface area contributed by atoms with Crippen LogP contribution in [0.1, 0.15) is 31.1 Å². The lowest BCUT2D eigenvalue weighted by Crippen LogP contribution is -2.40. The molecule has 0 spiro atoms. The van der Waals surface area contributed by atoms with Gasteiger partial charge in [0.15, 0.2) is 11.5 Å². The second-order valence-corrected chi connectivity index (χ2v) is 5.93. The summed E-state index contributed by atoms with van der Waals surface area (Å²) in [6.45, 7) is 5.66. The number of fused-ring (bicyclic) bond motifs is 1. The van der Waals surface area contributed by atoms with E-state index < -0.39 is 11.9 Å². The molecular weight excluding hydrogens is 286 g/mol. The molecule has 116 valence electrons. The van der Waals surface area contributed by atoms with Gasteiger partial charge in [0, 0.05) is 11.1 Å². The van der Waals surface area contributed by atoms with E-state index in [4.69, 9.17) is 15.0 Å². The molecule has 1 heterocycles. The van der Waals surface area contributed by atoms with Crippen LogP contribution >= 0.6 is 0 Å². The zero-order chi connectivity index (χ0) is 16.3.